The summed E-state index contributed by atoms with van der Waals surface area (Å²) in [5.74, 6) is 0.0806. The number of hydrogen-bond acceptors (Lipinski definition) is 3. The minimum Gasteiger partial charge on any atom is -0.349 e. The van der Waals surface area contributed by atoms with Gasteiger partial charge < -0.3 is 10.6 Å². The van der Waals surface area contributed by atoms with Crippen molar-refractivity contribution in [1.82, 2.24) is 20.8 Å². The third-order valence-electron chi connectivity index (χ3n) is 2.39. The first-order chi connectivity index (χ1) is 6.86. The molecule has 0 radical (unpaired) electrons. The molecule has 5 nitrogen and oxygen atoms in total. The van der Waals surface area contributed by atoms with Crippen molar-refractivity contribution in [3.63, 3.8) is 0 Å². The standard InChI is InChI=1S/C9H14N4O/c14-9(8-2-1-4-10-8)11-6-7-3-5-12-13-7/h3,5,8,10H,1-2,4,6H2,(H,11,14)(H,12,13)/t8-/m1/s1. The van der Waals surface area contributed by atoms with Crippen molar-refractivity contribution in [2.45, 2.75) is 25.4 Å². The Morgan fingerprint density at radius 2 is 2.64 bits per heavy atom. The molecular weight excluding hydrogens is 180 g/mol. The summed E-state index contributed by atoms with van der Waals surface area (Å²) >= 11 is 0. The molecule has 1 aromatic rings. The first-order valence-electron chi connectivity index (χ1n) is 4.85. The van der Waals surface area contributed by atoms with Crippen LogP contribution in [0.5, 0.6) is 0 Å². The fraction of sp³-hybridized carbons (Fsp3) is 0.556. The molecule has 1 aliphatic heterocycles. The van der Waals surface area contributed by atoms with Crippen molar-refractivity contribution >= 4 is 5.91 Å². The zero-order valence-electron chi connectivity index (χ0n) is 7.92. The molecule has 1 aliphatic rings. The summed E-state index contributed by atoms with van der Waals surface area (Å²) in [5, 5.41) is 12.6. The van der Waals surface area contributed by atoms with Gasteiger partial charge in [0, 0.05) is 6.20 Å². The Hall–Kier alpha value is -1.36. The molecule has 2 heterocycles. The van der Waals surface area contributed by atoms with Gasteiger partial charge in [0.05, 0.1) is 18.3 Å². The number of carbonyl (C=O) groups excluding carboxylic acids is 1. The number of amides is 1. The van der Waals surface area contributed by atoms with E-state index in [2.05, 4.69) is 20.8 Å². The third kappa shape index (κ3) is 2.11. The van der Waals surface area contributed by atoms with Gasteiger partial charge in [-0.2, -0.15) is 5.10 Å². The molecule has 0 spiro atoms. The highest BCUT2D eigenvalue weighted by Gasteiger charge is 2.21. The van der Waals surface area contributed by atoms with Gasteiger partial charge in [0.2, 0.25) is 5.91 Å². The van der Waals surface area contributed by atoms with Crippen LogP contribution in [-0.4, -0.2) is 28.7 Å². The lowest BCUT2D eigenvalue weighted by Gasteiger charge is -2.09. The number of H-pyrrole nitrogens is 1. The maximum Gasteiger partial charge on any atom is 0.237 e. The van der Waals surface area contributed by atoms with Gasteiger partial charge in [-0.1, -0.05) is 0 Å². The van der Waals surface area contributed by atoms with Gasteiger partial charge in [-0.3, -0.25) is 9.89 Å². The van der Waals surface area contributed by atoms with Crippen LogP contribution < -0.4 is 10.6 Å². The Morgan fingerprint density at radius 3 is 3.29 bits per heavy atom. The number of nitrogens with zero attached hydrogens (tertiary/aromatic N) is 1. The van der Waals surface area contributed by atoms with Gasteiger partial charge >= 0.3 is 0 Å². The highest BCUT2D eigenvalue weighted by Crippen LogP contribution is 2.04. The van der Waals surface area contributed by atoms with Gasteiger partial charge in [0.1, 0.15) is 0 Å². The quantitative estimate of drug-likeness (QED) is 0.623. The zero-order chi connectivity index (χ0) is 9.80. The van der Waals surface area contributed by atoms with E-state index in [0.717, 1.165) is 25.1 Å². The minimum atomic E-state index is -0.00192. The molecule has 0 saturated carbocycles. The van der Waals surface area contributed by atoms with E-state index >= 15 is 0 Å². The fourth-order valence-corrected chi connectivity index (χ4v) is 1.60. The number of carbonyl (C=O) groups is 1. The van der Waals surface area contributed by atoms with Gasteiger partial charge in [-0.15, -0.1) is 0 Å². The maximum absolute atomic E-state index is 11.5. The van der Waals surface area contributed by atoms with Crippen molar-refractivity contribution < 1.29 is 4.79 Å². The molecule has 76 valence electrons. The van der Waals surface area contributed by atoms with Crippen molar-refractivity contribution in [2.75, 3.05) is 6.54 Å². The number of rotatable bonds is 3. The SMILES string of the molecule is O=C(NCc1ccn[nH]1)[C@H]1CCCN1. The summed E-state index contributed by atoms with van der Waals surface area (Å²) in [4.78, 5) is 11.5. The van der Waals surface area contributed by atoms with Gasteiger partial charge in [0.25, 0.3) is 0 Å². The molecule has 2 rings (SSSR count). The molecule has 1 fully saturated rings. The first kappa shape index (κ1) is 9.21. The lowest BCUT2D eigenvalue weighted by Crippen LogP contribution is -2.40. The molecule has 0 aromatic carbocycles. The topological polar surface area (TPSA) is 69.8 Å². The summed E-state index contributed by atoms with van der Waals surface area (Å²) in [6.07, 6.45) is 3.70. The Labute approximate surface area is 82.3 Å². The molecule has 1 atom stereocenters. The summed E-state index contributed by atoms with van der Waals surface area (Å²) in [7, 11) is 0. The fourth-order valence-electron chi connectivity index (χ4n) is 1.60. The molecule has 0 unspecified atom stereocenters. The molecule has 0 bridgehead atoms. The Morgan fingerprint density at radius 1 is 1.71 bits per heavy atom. The van der Waals surface area contributed by atoms with E-state index in [4.69, 9.17) is 0 Å². The largest absolute Gasteiger partial charge is 0.349 e. The van der Waals surface area contributed by atoms with Crippen molar-refractivity contribution in [3.05, 3.63) is 18.0 Å². The maximum atomic E-state index is 11.5. The molecular formula is C9H14N4O. The van der Waals surface area contributed by atoms with Crippen LogP contribution in [0.4, 0.5) is 0 Å². The van der Waals surface area contributed by atoms with E-state index in [1.807, 2.05) is 6.07 Å². The Balaban J connectivity index is 1.77. The average molecular weight is 194 g/mol. The van der Waals surface area contributed by atoms with Crippen LogP contribution in [0.2, 0.25) is 0 Å². The Kier molecular flexibility index (Phi) is 2.78. The van der Waals surface area contributed by atoms with Crippen molar-refractivity contribution in [1.29, 1.82) is 0 Å². The van der Waals surface area contributed by atoms with Crippen LogP contribution in [0, 0.1) is 0 Å². The van der Waals surface area contributed by atoms with E-state index in [1.54, 1.807) is 6.20 Å². The highest BCUT2D eigenvalue weighted by atomic mass is 16.2. The Bertz CT molecular complexity index is 290. The second-order valence-corrected chi connectivity index (χ2v) is 3.45. The van der Waals surface area contributed by atoms with Crippen LogP contribution >= 0.6 is 0 Å². The van der Waals surface area contributed by atoms with Crippen LogP contribution in [-0.2, 0) is 11.3 Å². The molecule has 1 saturated heterocycles. The second-order valence-electron chi connectivity index (χ2n) is 3.45. The number of aromatic nitrogens is 2. The highest BCUT2D eigenvalue weighted by molar-refractivity contribution is 5.81. The van der Waals surface area contributed by atoms with Crippen LogP contribution in [0.15, 0.2) is 12.3 Å². The van der Waals surface area contributed by atoms with E-state index in [9.17, 15) is 4.79 Å². The molecule has 0 aliphatic carbocycles. The molecule has 1 amide bonds. The van der Waals surface area contributed by atoms with E-state index < -0.39 is 0 Å². The van der Waals surface area contributed by atoms with Crippen LogP contribution in [0.1, 0.15) is 18.5 Å². The molecule has 3 N–H and O–H groups in total. The lowest BCUT2D eigenvalue weighted by atomic mass is 10.2. The van der Waals surface area contributed by atoms with E-state index in [0.29, 0.717) is 6.54 Å². The summed E-state index contributed by atoms with van der Waals surface area (Å²) in [6, 6.07) is 1.85. The van der Waals surface area contributed by atoms with E-state index in [-0.39, 0.29) is 11.9 Å². The minimum absolute atomic E-state index is 0.00192. The van der Waals surface area contributed by atoms with Gasteiger partial charge in [-0.25, -0.2) is 0 Å². The first-order valence-corrected chi connectivity index (χ1v) is 4.85. The van der Waals surface area contributed by atoms with Crippen LogP contribution in [0.3, 0.4) is 0 Å². The summed E-state index contributed by atoms with van der Waals surface area (Å²) in [5.41, 5.74) is 0.927. The zero-order valence-corrected chi connectivity index (χ0v) is 7.92. The smallest absolute Gasteiger partial charge is 0.237 e. The van der Waals surface area contributed by atoms with Crippen LogP contribution in [0.25, 0.3) is 0 Å². The average Bonchev–Trinajstić information content (AvgIpc) is 2.87. The molecule has 1 aromatic heterocycles. The number of hydrogen-bond donors (Lipinski definition) is 3. The molecule has 14 heavy (non-hydrogen) atoms. The van der Waals surface area contributed by atoms with E-state index in [1.165, 1.54) is 0 Å². The monoisotopic (exact) mass is 194 g/mol. The summed E-state index contributed by atoms with van der Waals surface area (Å²) in [6.45, 7) is 1.47. The summed E-state index contributed by atoms with van der Waals surface area (Å²) < 4.78 is 0. The normalized spacial score (nSPS) is 21.0. The van der Waals surface area contributed by atoms with Crippen molar-refractivity contribution in [2.24, 2.45) is 0 Å². The molecule has 5 heteroatoms. The predicted molar refractivity (Wildman–Crippen MR) is 51.5 cm³/mol. The van der Waals surface area contributed by atoms with Crippen molar-refractivity contribution in [3.8, 4) is 0 Å². The predicted octanol–water partition coefficient (Wildman–Crippen LogP) is -0.222. The number of nitrogens with one attached hydrogen (secondary N) is 3. The van der Waals surface area contributed by atoms with Gasteiger partial charge in [0.15, 0.2) is 0 Å². The number of aromatic amines is 1. The third-order valence-corrected chi connectivity index (χ3v) is 2.39. The van der Waals surface area contributed by atoms with Gasteiger partial charge in [-0.05, 0) is 25.5 Å². The second kappa shape index (κ2) is 4.23. The lowest BCUT2D eigenvalue weighted by molar-refractivity contribution is -0.122.